The molecule has 2 aliphatic heterocycles. The molecule has 2 fully saturated rings. The van der Waals surface area contributed by atoms with Gasteiger partial charge in [-0.25, -0.2) is 0 Å². The van der Waals surface area contributed by atoms with Crippen molar-refractivity contribution in [2.75, 3.05) is 26.2 Å². The molecule has 1 unspecified atom stereocenters. The predicted molar refractivity (Wildman–Crippen MR) is 60.5 cm³/mol. The molecule has 2 rings (SSSR count). The summed E-state index contributed by atoms with van der Waals surface area (Å²) in [6.45, 7) is 12.3. The van der Waals surface area contributed by atoms with Gasteiger partial charge in [-0.1, -0.05) is 0 Å². The van der Waals surface area contributed by atoms with Crippen LogP contribution in [0.2, 0.25) is 0 Å². The first-order valence-corrected chi connectivity index (χ1v) is 6.06. The topological polar surface area (TPSA) is 6.48 Å². The first-order chi connectivity index (χ1) is 6.57. The second-order valence-electron chi connectivity index (χ2n) is 5.80. The maximum atomic E-state index is 2.70. The van der Waals surface area contributed by atoms with E-state index in [0.29, 0.717) is 5.54 Å². The summed E-state index contributed by atoms with van der Waals surface area (Å²) in [4.78, 5) is 5.37. The molecule has 2 heteroatoms. The van der Waals surface area contributed by atoms with Gasteiger partial charge in [-0.2, -0.15) is 0 Å². The maximum Gasteiger partial charge on any atom is 0.0223 e. The fourth-order valence-electron chi connectivity index (χ4n) is 2.82. The van der Waals surface area contributed by atoms with Crippen molar-refractivity contribution in [3.8, 4) is 0 Å². The average molecular weight is 196 g/mol. The summed E-state index contributed by atoms with van der Waals surface area (Å²) in [6.07, 6.45) is 4.20. The van der Waals surface area contributed by atoms with E-state index < -0.39 is 0 Å². The van der Waals surface area contributed by atoms with E-state index in [-0.39, 0.29) is 0 Å². The van der Waals surface area contributed by atoms with Crippen LogP contribution < -0.4 is 0 Å². The van der Waals surface area contributed by atoms with Crippen LogP contribution in [0.1, 0.15) is 40.0 Å². The average Bonchev–Trinajstić information content (AvgIpc) is 2.41. The number of fused-ring (bicyclic) bond motifs is 1. The van der Waals surface area contributed by atoms with Crippen molar-refractivity contribution in [3.05, 3.63) is 0 Å². The Morgan fingerprint density at radius 1 is 1.00 bits per heavy atom. The molecule has 82 valence electrons. The number of hydrogen-bond donors (Lipinski definition) is 0. The Morgan fingerprint density at radius 2 is 1.71 bits per heavy atom. The molecule has 0 N–H and O–H groups in total. The van der Waals surface area contributed by atoms with E-state index in [1.165, 1.54) is 45.4 Å². The van der Waals surface area contributed by atoms with Crippen LogP contribution in [0.25, 0.3) is 0 Å². The highest BCUT2D eigenvalue weighted by Gasteiger charge is 2.32. The zero-order valence-electron chi connectivity index (χ0n) is 9.92. The van der Waals surface area contributed by atoms with Gasteiger partial charge >= 0.3 is 0 Å². The third-order valence-electron chi connectivity index (χ3n) is 3.75. The molecule has 1 atom stereocenters. The zero-order chi connectivity index (χ0) is 10.2. The van der Waals surface area contributed by atoms with Crippen LogP contribution in [-0.2, 0) is 0 Å². The molecule has 0 spiro atoms. The van der Waals surface area contributed by atoms with Crippen molar-refractivity contribution in [3.63, 3.8) is 0 Å². The minimum Gasteiger partial charge on any atom is -0.299 e. The quantitative estimate of drug-likeness (QED) is 0.584. The molecule has 0 amide bonds. The third-order valence-corrected chi connectivity index (χ3v) is 3.75. The smallest absolute Gasteiger partial charge is 0.0223 e. The van der Waals surface area contributed by atoms with Crippen LogP contribution in [-0.4, -0.2) is 47.6 Å². The number of hydrogen-bond acceptors (Lipinski definition) is 2. The Morgan fingerprint density at radius 3 is 2.43 bits per heavy atom. The third kappa shape index (κ3) is 2.12. The van der Waals surface area contributed by atoms with E-state index in [1.807, 2.05) is 0 Å². The summed E-state index contributed by atoms with van der Waals surface area (Å²) in [5.41, 5.74) is 0.360. The lowest BCUT2D eigenvalue weighted by molar-refractivity contribution is 0.123. The van der Waals surface area contributed by atoms with Crippen LogP contribution in [0.3, 0.4) is 0 Å². The molecule has 0 aromatic rings. The second-order valence-corrected chi connectivity index (χ2v) is 5.80. The fourth-order valence-corrected chi connectivity index (χ4v) is 2.82. The van der Waals surface area contributed by atoms with Crippen LogP contribution in [0.15, 0.2) is 0 Å². The Hall–Kier alpha value is -0.0800. The fraction of sp³-hybridized carbons (Fsp3) is 1.00. The van der Waals surface area contributed by atoms with Crippen molar-refractivity contribution in [2.24, 2.45) is 0 Å². The Labute approximate surface area is 88.3 Å². The van der Waals surface area contributed by atoms with Gasteiger partial charge in [0.15, 0.2) is 0 Å². The second kappa shape index (κ2) is 3.82. The van der Waals surface area contributed by atoms with E-state index >= 15 is 0 Å². The van der Waals surface area contributed by atoms with Crippen LogP contribution in [0, 0.1) is 0 Å². The van der Waals surface area contributed by atoms with Crippen molar-refractivity contribution in [1.29, 1.82) is 0 Å². The Balaban J connectivity index is 2.02. The Bertz CT molecular complexity index is 195. The summed E-state index contributed by atoms with van der Waals surface area (Å²) >= 11 is 0. The van der Waals surface area contributed by atoms with E-state index in [9.17, 15) is 0 Å². The van der Waals surface area contributed by atoms with Gasteiger partial charge in [0.2, 0.25) is 0 Å². The van der Waals surface area contributed by atoms with Crippen molar-refractivity contribution in [1.82, 2.24) is 9.80 Å². The summed E-state index contributed by atoms with van der Waals surface area (Å²) in [6, 6.07) is 0.858. The van der Waals surface area contributed by atoms with Crippen LogP contribution in [0.5, 0.6) is 0 Å². The molecule has 0 bridgehead atoms. The first-order valence-electron chi connectivity index (χ1n) is 6.06. The van der Waals surface area contributed by atoms with E-state index in [1.54, 1.807) is 0 Å². The number of nitrogens with zero attached hydrogens (tertiary/aromatic N) is 2. The first kappa shape index (κ1) is 10.4. The maximum absolute atomic E-state index is 2.70. The molecular weight excluding hydrogens is 172 g/mol. The van der Waals surface area contributed by atoms with Crippen molar-refractivity contribution in [2.45, 2.75) is 51.6 Å². The van der Waals surface area contributed by atoms with Gasteiger partial charge < -0.3 is 0 Å². The van der Waals surface area contributed by atoms with E-state index in [0.717, 1.165) is 6.04 Å². The molecule has 2 heterocycles. The molecule has 0 saturated carbocycles. The summed E-state index contributed by atoms with van der Waals surface area (Å²) < 4.78 is 0. The van der Waals surface area contributed by atoms with Crippen molar-refractivity contribution < 1.29 is 0 Å². The van der Waals surface area contributed by atoms with Gasteiger partial charge in [0.1, 0.15) is 0 Å². The van der Waals surface area contributed by atoms with Gasteiger partial charge in [-0.15, -0.1) is 0 Å². The lowest BCUT2D eigenvalue weighted by Gasteiger charge is -2.36. The van der Waals surface area contributed by atoms with Gasteiger partial charge in [-0.3, -0.25) is 9.80 Å². The van der Waals surface area contributed by atoms with Crippen LogP contribution >= 0.6 is 0 Å². The molecule has 2 saturated heterocycles. The zero-order valence-corrected chi connectivity index (χ0v) is 9.92. The molecule has 14 heavy (non-hydrogen) atoms. The molecule has 0 aromatic heterocycles. The van der Waals surface area contributed by atoms with Gasteiger partial charge in [-0.05, 0) is 59.7 Å². The van der Waals surface area contributed by atoms with Gasteiger partial charge in [0.05, 0.1) is 0 Å². The standard InChI is InChI=1S/C12H24N2/c1-12(2,3)14-9-5-8-13-7-4-6-11(13)10-14/h11H,4-10H2,1-3H3. The Kier molecular flexibility index (Phi) is 2.85. The lowest BCUT2D eigenvalue weighted by Crippen LogP contribution is -2.46. The minimum absolute atomic E-state index is 0.360. The predicted octanol–water partition coefficient (Wildman–Crippen LogP) is 1.96. The largest absolute Gasteiger partial charge is 0.299 e. The van der Waals surface area contributed by atoms with E-state index in [2.05, 4.69) is 30.6 Å². The SMILES string of the molecule is CC(C)(C)N1CCCN2CCCC2C1. The molecule has 2 aliphatic rings. The highest BCUT2D eigenvalue weighted by molar-refractivity contribution is 4.88. The van der Waals surface area contributed by atoms with Crippen molar-refractivity contribution >= 4 is 0 Å². The molecule has 0 radical (unpaired) electrons. The van der Waals surface area contributed by atoms with Gasteiger partial charge in [0, 0.05) is 18.1 Å². The van der Waals surface area contributed by atoms with E-state index in [4.69, 9.17) is 0 Å². The summed E-state index contributed by atoms with van der Waals surface area (Å²) in [5.74, 6) is 0. The van der Waals surface area contributed by atoms with Crippen LogP contribution in [0.4, 0.5) is 0 Å². The summed E-state index contributed by atoms with van der Waals surface area (Å²) in [7, 11) is 0. The number of rotatable bonds is 0. The lowest BCUT2D eigenvalue weighted by atomic mass is 10.0. The molecule has 2 nitrogen and oxygen atoms in total. The minimum atomic E-state index is 0.360. The monoisotopic (exact) mass is 196 g/mol. The molecular formula is C12H24N2. The highest BCUT2D eigenvalue weighted by atomic mass is 15.3. The highest BCUT2D eigenvalue weighted by Crippen LogP contribution is 2.25. The summed E-state index contributed by atoms with van der Waals surface area (Å²) in [5, 5.41) is 0. The molecule has 0 aliphatic carbocycles. The normalized spacial score (nSPS) is 31.5. The molecule has 0 aromatic carbocycles. The van der Waals surface area contributed by atoms with Gasteiger partial charge in [0.25, 0.3) is 0 Å².